The number of nitriles is 1. The monoisotopic (exact) mass is 267 g/mol. The second-order valence-corrected chi connectivity index (χ2v) is 5.84. The number of unbranched alkanes of at least 4 members (excludes halogenated alkanes) is 1. The molecule has 0 amide bonds. The van der Waals surface area contributed by atoms with E-state index in [4.69, 9.17) is 5.26 Å². The summed E-state index contributed by atoms with van der Waals surface area (Å²) in [6, 6.07) is 1.99. The van der Waals surface area contributed by atoms with Crippen LogP contribution in [0, 0.1) is 11.3 Å². The molecule has 0 radical (unpaired) electrons. The topological polar surface area (TPSA) is 58.7 Å². The molecule has 0 saturated carbocycles. The zero-order valence-corrected chi connectivity index (χ0v) is 11.2. The number of hydrogen-bond acceptors (Lipinski definition) is 5. The Morgan fingerprint density at radius 2 is 2.47 bits per heavy atom. The Morgan fingerprint density at radius 3 is 3.18 bits per heavy atom. The summed E-state index contributed by atoms with van der Waals surface area (Å²) in [6.45, 7) is 2.78. The van der Waals surface area contributed by atoms with Crippen LogP contribution in [-0.2, 0) is 6.54 Å². The molecule has 2 rings (SSSR count). The Balaban J connectivity index is 2.35. The van der Waals surface area contributed by atoms with Gasteiger partial charge in [-0.1, -0.05) is 25.1 Å². The van der Waals surface area contributed by atoms with Gasteiger partial charge in [0, 0.05) is 12.3 Å². The molecule has 1 aliphatic rings. The van der Waals surface area contributed by atoms with Crippen molar-refractivity contribution < 1.29 is 0 Å². The Kier molecular flexibility index (Phi) is 4.13. The SMILES string of the molecule is CCCCSc1nc2n(c(=O)c1C#N)CCS2. The molecule has 1 aromatic rings. The molecule has 0 bridgehead atoms. The summed E-state index contributed by atoms with van der Waals surface area (Å²) in [5.41, 5.74) is 0.0267. The number of fused-ring (bicyclic) bond motifs is 1. The largest absolute Gasteiger partial charge is 0.286 e. The number of thioether (sulfide) groups is 2. The molecule has 0 unspecified atom stereocenters. The Morgan fingerprint density at radius 1 is 1.65 bits per heavy atom. The summed E-state index contributed by atoms with van der Waals surface area (Å²) in [5, 5.41) is 10.4. The van der Waals surface area contributed by atoms with E-state index in [0.717, 1.165) is 29.5 Å². The van der Waals surface area contributed by atoms with E-state index >= 15 is 0 Å². The van der Waals surface area contributed by atoms with Crippen LogP contribution in [0.2, 0.25) is 0 Å². The van der Waals surface area contributed by atoms with E-state index in [0.29, 0.717) is 11.6 Å². The van der Waals surface area contributed by atoms with E-state index in [9.17, 15) is 4.79 Å². The maximum atomic E-state index is 12.0. The quantitative estimate of drug-likeness (QED) is 0.362. The maximum Gasteiger partial charge on any atom is 0.273 e. The van der Waals surface area contributed by atoms with Gasteiger partial charge in [-0.25, -0.2) is 4.98 Å². The molecule has 0 atom stereocenters. The van der Waals surface area contributed by atoms with Crippen LogP contribution >= 0.6 is 23.5 Å². The fourth-order valence-corrected chi connectivity index (χ4v) is 3.62. The molecule has 4 nitrogen and oxygen atoms in total. The van der Waals surface area contributed by atoms with Gasteiger partial charge in [0.15, 0.2) is 5.16 Å². The number of aromatic nitrogens is 2. The Bertz CT molecular complexity index is 519. The Hall–Kier alpha value is -0.930. The van der Waals surface area contributed by atoms with Crippen LogP contribution in [0.15, 0.2) is 15.0 Å². The van der Waals surface area contributed by atoms with Crippen LogP contribution < -0.4 is 5.56 Å². The lowest BCUT2D eigenvalue weighted by molar-refractivity contribution is 0.633. The van der Waals surface area contributed by atoms with E-state index in [1.54, 1.807) is 16.3 Å². The highest BCUT2D eigenvalue weighted by Gasteiger charge is 2.20. The molecule has 1 aromatic heterocycles. The Labute approximate surface area is 108 Å². The molecule has 2 heterocycles. The zero-order chi connectivity index (χ0) is 12.3. The number of hydrogen-bond donors (Lipinski definition) is 0. The predicted octanol–water partition coefficient (Wildman–Crippen LogP) is 2.11. The summed E-state index contributed by atoms with van der Waals surface area (Å²) in [5.74, 6) is 1.78. The highest BCUT2D eigenvalue weighted by molar-refractivity contribution is 7.99. The summed E-state index contributed by atoms with van der Waals surface area (Å²) in [4.78, 5) is 16.4. The minimum absolute atomic E-state index is 0.179. The van der Waals surface area contributed by atoms with Gasteiger partial charge in [0.2, 0.25) is 0 Å². The third-order valence-corrected chi connectivity index (χ3v) is 4.51. The van der Waals surface area contributed by atoms with Gasteiger partial charge in [-0.05, 0) is 12.2 Å². The van der Waals surface area contributed by atoms with Gasteiger partial charge < -0.3 is 0 Å². The van der Waals surface area contributed by atoms with Crippen molar-refractivity contribution >= 4 is 23.5 Å². The van der Waals surface area contributed by atoms with Crippen LogP contribution in [0.1, 0.15) is 25.3 Å². The van der Waals surface area contributed by atoms with Crippen molar-refractivity contribution in [3.05, 3.63) is 15.9 Å². The summed E-state index contributed by atoms with van der Waals surface area (Å²) >= 11 is 3.10. The van der Waals surface area contributed by atoms with E-state index < -0.39 is 0 Å². The van der Waals surface area contributed by atoms with Crippen molar-refractivity contribution in [3.8, 4) is 6.07 Å². The molecule has 0 N–H and O–H groups in total. The van der Waals surface area contributed by atoms with Gasteiger partial charge in [0.1, 0.15) is 16.7 Å². The molecule has 0 aromatic carbocycles. The van der Waals surface area contributed by atoms with Gasteiger partial charge in [-0.3, -0.25) is 9.36 Å². The lowest BCUT2D eigenvalue weighted by atomic mass is 10.3. The first kappa shape index (κ1) is 12.5. The molecule has 0 aliphatic carbocycles. The normalized spacial score (nSPS) is 13.4. The predicted molar refractivity (Wildman–Crippen MR) is 69.6 cm³/mol. The molecular weight excluding hydrogens is 254 g/mol. The highest BCUT2D eigenvalue weighted by atomic mass is 32.2. The number of rotatable bonds is 4. The van der Waals surface area contributed by atoms with Crippen LogP contribution in [0.5, 0.6) is 0 Å². The van der Waals surface area contributed by atoms with Gasteiger partial charge in [-0.15, -0.1) is 11.8 Å². The number of nitrogens with zero attached hydrogens (tertiary/aromatic N) is 3. The highest BCUT2D eigenvalue weighted by Crippen LogP contribution is 2.26. The first-order valence-electron chi connectivity index (χ1n) is 5.58. The van der Waals surface area contributed by atoms with Gasteiger partial charge >= 0.3 is 0 Å². The summed E-state index contributed by atoms with van der Waals surface area (Å²) in [6.07, 6.45) is 2.18. The van der Waals surface area contributed by atoms with Crippen LogP contribution in [-0.4, -0.2) is 21.1 Å². The first-order valence-corrected chi connectivity index (χ1v) is 7.55. The molecule has 17 heavy (non-hydrogen) atoms. The van der Waals surface area contributed by atoms with Crippen molar-refractivity contribution in [1.82, 2.24) is 9.55 Å². The minimum Gasteiger partial charge on any atom is -0.286 e. The fourth-order valence-electron chi connectivity index (χ4n) is 1.57. The van der Waals surface area contributed by atoms with Crippen LogP contribution in [0.4, 0.5) is 0 Å². The van der Waals surface area contributed by atoms with Crippen molar-refractivity contribution in [2.45, 2.75) is 36.5 Å². The lowest BCUT2D eigenvalue weighted by Crippen LogP contribution is -2.24. The van der Waals surface area contributed by atoms with Crippen LogP contribution in [0.25, 0.3) is 0 Å². The fraction of sp³-hybridized carbons (Fsp3) is 0.545. The van der Waals surface area contributed by atoms with Gasteiger partial charge in [0.05, 0.1) is 0 Å². The van der Waals surface area contributed by atoms with Crippen molar-refractivity contribution in [2.75, 3.05) is 11.5 Å². The second kappa shape index (κ2) is 5.61. The summed E-state index contributed by atoms with van der Waals surface area (Å²) in [7, 11) is 0. The average Bonchev–Trinajstić information content (AvgIpc) is 2.78. The smallest absolute Gasteiger partial charge is 0.273 e. The summed E-state index contributed by atoms with van der Waals surface area (Å²) < 4.78 is 1.60. The van der Waals surface area contributed by atoms with E-state index in [2.05, 4.69) is 11.9 Å². The molecule has 1 aliphatic heterocycles. The van der Waals surface area contributed by atoms with E-state index in [-0.39, 0.29) is 11.1 Å². The molecule has 0 spiro atoms. The third kappa shape index (κ3) is 2.50. The third-order valence-electron chi connectivity index (χ3n) is 2.50. The van der Waals surface area contributed by atoms with Gasteiger partial charge in [0.25, 0.3) is 5.56 Å². The second-order valence-electron chi connectivity index (χ2n) is 3.69. The average molecular weight is 267 g/mol. The van der Waals surface area contributed by atoms with E-state index in [1.807, 2.05) is 6.07 Å². The van der Waals surface area contributed by atoms with Crippen molar-refractivity contribution in [3.63, 3.8) is 0 Å². The minimum atomic E-state index is -0.179. The van der Waals surface area contributed by atoms with E-state index in [1.165, 1.54) is 11.8 Å². The van der Waals surface area contributed by atoms with Crippen molar-refractivity contribution in [1.29, 1.82) is 5.26 Å². The standard InChI is InChI=1S/C11H13N3OS2/c1-2-3-5-16-9-8(7-12)10(15)14-4-6-17-11(14)13-9/h2-6H2,1H3. The first-order chi connectivity index (χ1) is 8.27. The molecule has 90 valence electrons. The van der Waals surface area contributed by atoms with Gasteiger partial charge in [-0.2, -0.15) is 5.26 Å². The molecule has 6 heteroatoms. The maximum absolute atomic E-state index is 12.0. The molecule has 0 saturated heterocycles. The molecule has 0 fully saturated rings. The lowest BCUT2D eigenvalue weighted by Gasteiger charge is -2.06. The van der Waals surface area contributed by atoms with Crippen molar-refractivity contribution in [2.24, 2.45) is 0 Å². The molecular formula is C11H13N3OS2. The zero-order valence-electron chi connectivity index (χ0n) is 9.60. The van der Waals surface area contributed by atoms with Crippen LogP contribution in [0.3, 0.4) is 0 Å².